The number of fused-ring (bicyclic) bond motifs is 8. The molecule has 0 saturated carbocycles. The van der Waals surface area contributed by atoms with Crippen molar-refractivity contribution >= 4 is 5.71 Å². The molecule has 0 aromatic heterocycles. The summed E-state index contributed by atoms with van der Waals surface area (Å²) in [5.74, 6) is 0.187. The van der Waals surface area contributed by atoms with Crippen molar-refractivity contribution in [2.75, 3.05) is 0 Å². The van der Waals surface area contributed by atoms with Gasteiger partial charge in [0.15, 0.2) is 6.10 Å². The van der Waals surface area contributed by atoms with Gasteiger partial charge in [-0.3, -0.25) is 0 Å². The van der Waals surface area contributed by atoms with Crippen molar-refractivity contribution < 1.29 is 9.57 Å². The molecule has 3 heteroatoms. The van der Waals surface area contributed by atoms with Gasteiger partial charge in [0.2, 0.25) is 0 Å². The highest BCUT2D eigenvalue weighted by Crippen LogP contribution is 2.60. The molecule has 1 saturated heterocycles. The molecule has 2 aromatic carbocycles. The van der Waals surface area contributed by atoms with E-state index in [9.17, 15) is 0 Å². The summed E-state index contributed by atoms with van der Waals surface area (Å²) in [5.41, 5.74) is 4.30. The lowest BCUT2D eigenvalue weighted by molar-refractivity contribution is -0.0793. The molecule has 3 aliphatic heterocycles. The fourth-order valence-electron chi connectivity index (χ4n) is 4.06. The van der Waals surface area contributed by atoms with Crippen LogP contribution >= 0.6 is 0 Å². The average molecular weight is 277 g/mol. The highest BCUT2D eigenvalue weighted by molar-refractivity contribution is 6.04. The summed E-state index contributed by atoms with van der Waals surface area (Å²) in [6, 6.07) is 18.7. The topological polar surface area (TPSA) is 30.8 Å². The monoisotopic (exact) mass is 277 g/mol. The maximum absolute atomic E-state index is 6.34. The van der Waals surface area contributed by atoms with Crippen LogP contribution in [-0.4, -0.2) is 11.8 Å². The second kappa shape index (κ2) is 3.74. The first-order valence-corrected chi connectivity index (χ1v) is 7.35. The Kier molecular flexibility index (Phi) is 2.05. The van der Waals surface area contributed by atoms with Gasteiger partial charge in [-0.25, -0.2) is 0 Å². The Morgan fingerprint density at radius 2 is 1.76 bits per heavy atom. The quantitative estimate of drug-likeness (QED) is 0.799. The minimum Gasteiger partial charge on any atom is -0.388 e. The van der Waals surface area contributed by atoms with E-state index in [1.165, 1.54) is 11.1 Å². The Bertz CT molecular complexity index is 755. The molecule has 0 unspecified atom stereocenters. The van der Waals surface area contributed by atoms with Crippen LogP contribution in [0.2, 0.25) is 0 Å². The van der Waals surface area contributed by atoms with Crippen LogP contribution < -0.4 is 0 Å². The number of benzene rings is 2. The molecular formula is C18H15NO2. The van der Waals surface area contributed by atoms with Gasteiger partial charge in [-0.2, -0.15) is 0 Å². The van der Waals surface area contributed by atoms with Crippen LogP contribution in [0, 0.1) is 5.92 Å². The number of ether oxygens (including phenoxy) is 1. The van der Waals surface area contributed by atoms with E-state index in [4.69, 9.17) is 9.57 Å². The smallest absolute Gasteiger partial charge is 0.171 e. The van der Waals surface area contributed by atoms with Gasteiger partial charge in [-0.15, -0.1) is 0 Å². The van der Waals surface area contributed by atoms with Crippen molar-refractivity contribution in [3.63, 3.8) is 0 Å². The lowest BCUT2D eigenvalue weighted by Crippen LogP contribution is -2.38. The van der Waals surface area contributed by atoms with Gasteiger partial charge in [-0.1, -0.05) is 59.8 Å². The second-order valence-electron chi connectivity index (χ2n) is 6.13. The highest BCUT2D eigenvalue weighted by Gasteiger charge is 2.65. The minimum atomic E-state index is -0.383. The van der Waals surface area contributed by atoms with Crippen molar-refractivity contribution in [1.82, 2.24) is 0 Å². The molecule has 3 heterocycles. The molecule has 3 nitrogen and oxygen atoms in total. The standard InChI is InChI=1S/C18H15NO2/c1-18-13-10-6-5-9-12(13)16(20-18)14-15(19-21-17(14)18)11-7-3-2-4-8-11/h2-10,14,16-17H,1H3/t14-,16-,17-,18+/m0/s1. The van der Waals surface area contributed by atoms with E-state index in [2.05, 4.69) is 48.5 Å². The first kappa shape index (κ1) is 11.5. The Balaban J connectivity index is 1.65. The van der Waals surface area contributed by atoms with Gasteiger partial charge in [0, 0.05) is 0 Å². The summed E-state index contributed by atoms with van der Waals surface area (Å²) < 4.78 is 6.34. The van der Waals surface area contributed by atoms with Gasteiger partial charge >= 0.3 is 0 Å². The summed E-state index contributed by atoms with van der Waals surface area (Å²) in [4.78, 5) is 5.80. The van der Waals surface area contributed by atoms with Crippen LogP contribution in [0.5, 0.6) is 0 Å². The molecule has 2 bridgehead atoms. The minimum absolute atomic E-state index is 0.0207. The molecule has 0 radical (unpaired) electrons. The Morgan fingerprint density at radius 3 is 2.62 bits per heavy atom. The molecule has 0 spiro atoms. The van der Waals surface area contributed by atoms with Crippen LogP contribution in [0.4, 0.5) is 0 Å². The van der Waals surface area contributed by atoms with E-state index in [0.29, 0.717) is 0 Å². The third kappa shape index (κ3) is 1.30. The lowest BCUT2D eigenvalue weighted by Gasteiger charge is -2.29. The molecule has 2 aromatic rings. The molecule has 0 N–H and O–H groups in total. The zero-order valence-electron chi connectivity index (χ0n) is 11.7. The lowest BCUT2D eigenvalue weighted by atomic mass is 9.73. The molecule has 104 valence electrons. The summed E-state index contributed by atoms with van der Waals surface area (Å²) in [6.07, 6.45) is 0.0327. The molecule has 1 fully saturated rings. The Hall–Kier alpha value is -2.13. The summed E-state index contributed by atoms with van der Waals surface area (Å²) in [5, 5.41) is 4.40. The maximum Gasteiger partial charge on any atom is 0.171 e. The number of hydrogen-bond acceptors (Lipinski definition) is 3. The van der Waals surface area contributed by atoms with E-state index >= 15 is 0 Å². The van der Waals surface area contributed by atoms with Crippen molar-refractivity contribution in [1.29, 1.82) is 0 Å². The van der Waals surface area contributed by atoms with Crippen LogP contribution in [0.15, 0.2) is 59.8 Å². The van der Waals surface area contributed by atoms with Gasteiger partial charge < -0.3 is 9.57 Å². The van der Waals surface area contributed by atoms with E-state index in [-0.39, 0.29) is 23.7 Å². The third-order valence-electron chi connectivity index (χ3n) is 5.02. The van der Waals surface area contributed by atoms with Crippen molar-refractivity contribution in [2.24, 2.45) is 11.1 Å². The third-order valence-corrected chi connectivity index (χ3v) is 5.02. The predicted molar refractivity (Wildman–Crippen MR) is 79.0 cm³/mol. The Labute approximate surface area is 123 Å². The largest absolute Gasteiger partial charge is 0.388 e. The van der Waals surface area contributed by atoms with E-state index in [1.807, 2.05) is 18.2 Å². The van der Waals surface area contributed by atoms with E-state index in [1.54, 1.807) is 0 Å². The van der Waals surface area contributed by atoms with Gasteiger partial charge in [0.1, 0.15) is 5.60 Å². The summed E-state index contributed by atoms with van der Waals surface area (Å²) in [6.45, 7) is 2.12. The molecule has 3 aliphatic rings. The van der Waals surface area contributed by atoms with E-state index < -0.39 is 0 Å². The van der Waals surface area contributed by atoms with Crippen LogP contribution in [0.25, 0.3) is 0 Å². The number of oxime groups is 1. The van der Waals surface area contributed by atoms with Gasteiger partial charge in [0.25, 0.3) is 0 Å². The normalized spacial score (nSPS) is 35.1. The van der Waals surface area contributed by atoms with Crippen LogP contribution in [0.3, 0.4) is 0 Å². The number of hydrogen-bond donors (Lipinski definition) is 0. The van der Waals surface area contributed by atoms with Gasteiger partial charge in [0.05, 0.1) is 17.7 Å². The van der Waals surface area contributed by atoms with Crippen LogP contribution in [0.1, 0.15) is 29.7 Å². The van der Waals surface area contributed by atoms with Crippen molar-refractivity contribution in [2.45, 2.75) is 24.7 Å². The molecular weight excluding hydrogens is 262 g/mol. The number of rotatable bonds is 1. The average Bonchev–Trinajstić information content (AvgIpc) is 3.17. The van der Waals surface area contributed by atoms with Crippen molar-refractivity contribution in [3.8, 4) is 0 Å². The number of nitrogens with zero attached hydrogens (tertiary/aromatic N) is 1. The van der Waals surface area contributed by atoms with Crippen molar-refractivity contribution in [3.05, 3.63) is 71.3 Å². The SMILES string of the molecule is C[C@@]12O[C@@H](c3ccccc31)[C@@H]1C(c3ccccc3)=NO[C@@H]12. The summed E-state index contributed by atoms with van der Waals surface area (Å²) >= 11 is 0. The fraction of sp³-hybridized carbons (Fsp3) is 0.278. The second-order valence-corrected chi connectivity index (χ2v) is 6.13. The first-order valence-electron chi connectivity index (χ1n) is 7.35. The maximum atomic E-state index is 6.34. The zero-order valence-corrected chi connectivity index (χ0v) is 11.7. The molecule has 4 atom stereocenters. The zero-order chi connectivity index (χ0) is 14.0. The fourth-order valence-corrected chi connectivity index (χ4v) is 4.06. The highest BCUT2D eigenvalue weighted by atomic mass is 16.7. The predicted octanol–water partition coefficient (Wildman–Crippen LogP) is 3.41. The molecule has 21 heavy (non-hydrogen) atoms. The van der Waals surface area contributed by atoms with Gasteiger partial charge in [-0.05, 0) is 23.6 Å². The Morgan fingerprint density at radius 1 is 1.00 bits per heavy atom. The molecule has 5 rings (SSSR count). The molecule has 0 aliphatic carbocycles. The molecule has 0 amide bonds. The first-order chi connectivity index (χ1) is 10.3. The summed E-state index contributed by atoms with van der Waals surface area (Å²) in [7, 11) is 0. The van der Waals surface area contributed by atoms with Crippen LogP contribution in [-0.2, 0) is 15.2 Å². The van der Waals surface area contributed by atoms with E-state index in [0.717, 1.165) is 11.3 Å².